The number of H-pyrrole nitrogens is 1. The number of aromatic nitrogens is 2. The average Bonchev–Trinajstić information content (AvgIpc) is 3.68. The number of hydrogen-bond acceptors (Lipinski definition) is 1. The molecule has 1 aliphatic heterocycles. The number of fused-ring (bicyclic) bond motifs is 8. The molecule has 49 heavy (non-hydrogen) atoms. The smallest absolute Gasteiger partial charge is 0.0744 e. The molecule has 0 saturated carbocycles. The van der Waals surface area contributed by atoms with E-state index in [0.29, 0.717) is 0 Å². The minimum Gasteiger partial charge on any atom is -0.353 e. The third kappa shape index (κ3) is 4.28. The maximum absolute atomic E-state index is 4.17. The molecule has 0 spiro atoms. The van der Waals surface area contributed by atoms with Gasteiger partial charge in [0.1, 0.15) is 0 Å². The van der Waals surface area contributed by atoms with Crippen LogP contribution in [-0.4, -0.2) is 9.55 Å². The first kappa shape index (κ1) is 29.3. The standard InChI is InChI=1S/C46H39N3/c1-5-15-34-36-26-28-38-45(43(36)47-39(34)6-2)49(32-18-11-8-12-19-32)41-29-27-37-35-20-13-14-21-40(35)48(44(37)42(41)46(38,3)4)33-24-22-31(23-25-33)30-16-9-7-10-17-30/h5-7,9-11,13-29,47H,2,8,12H2,1,3-4H3/b15-5-. The van der Waals surface area contributed by atoms with E-state index >= 15 is 0 Å². The Morgan fingerprint density at radius 3 is 2.29 bits per heavy atom. The van der Waals surface area contributed by atoms with Crippen LogP contribution < -0.4 is 4.90 Å². The lowest BCUT2D eigenvalue weighted by Gasteiger charge is -2.43. The largest absolute Gasteiger partial charge is 0.353 e. The van der Waals surface area contributed by atoms with E-state index in [1.807, 2.05) is 6.08 Å². The van der Waals surface area contributed by atoms with Gasteiger partial charge < -0.3 is 14.5 Å². The average molecular weight is 634 g/mol. The van der Waals surface area contributed by atoms with Gasteiger partial charge >= 0.3 is 0 Å². The van der Waals surface area contributed by atoms with Gasteiger partial charge in [-0.05, 0) is 72.9 Å². The molecular weight excluding hydrogens is 595 g/mol. The number of hydrogen-bond donors (Lipinski definition) is 1. The molecule has 1 N–H and O–H groups in total. The van der Waals surface area contributed by atoms with E-state index < -0.39 is 0 Å². The highest BCUT2D eigenvalue weighted by Crippen LogP contribution is 2.56. The van der Waals surface area contributed by atoms with Crippen molar-refractivity contribution in [3.63, 3.8) is 0 Å². The first-order valence-corrected chi connectivity index (χ1v) is 17.3. The lowest BCUT2D eigenvalue weighted by Crippen LogP contribution is -2.33. The van der Waals surface area contributed by atoms with Gasteiger partial charge in [0.15, 0.2) is 0 Å². The van der Waals surface area contributed by atoms with Crippen LogP contribution in [0.5, 0.6) is 0 Å². The highest BCUT2D eigenvalue weighted by molar-refractivity contribution is 6.14. The van der Waals surface area contributed by atoms with E-state index in [2.05, 4.69) is 175 Å². The number of aromatic amines is 1. The van der Waals surface area contributed by atoms with E-state index in [0.717, 1.165) is 29.7 Å². The van der Waals surface area contributed by atoms with Crippen LogP contribution in [0, 0.1) is 0 Å². The van der Waals surface area contributed by atoms with E-state index in [1.165, 1.54) is 72.1 Å². The van der Waals surface area contributed by atoms with Crippen LogP contribution in [0.15, 0.2) is 140 Å². The van der Waals surface area contributed by atoms with Crippen LogP contribution in [0.3, 0.4) is 0 Å². The second-order valence-corrected chi connectivity index (χ2v) is 13.7. The molecule has 5 aromatic carbocycles. The molecule has 0 unspecified atom stereocenters. The Bertz CT molecular complexity index is 2530. The Labute approximate surface area is 287 Å². The van der Waals surface area contributed by atoms with E-state index in [-0.39, 0.29) is 5.41 Å². The van der Waals surface area contributed by atoms with Gasteiger partial charge in [0, 0.05) is 49.8 Å². The summed E-state index contributed by atoms with van der Waals surface area (Å²) in [6.45, 7) is 11.1. The zero-order chi connectivity index (χ0) is 33.3. The summed E-state index contributed by atoms with van der Waals surface area (Å²) in [6.07, 6.45) is 15.4. The molecule has 0 bridgehead atoms. The van der Waals surface area contributed by atoms with Gasteiger partial charge in [0.2, 0.25) is 0 Å². The van der Waals surface area contributed by atoms with Crippen molar-refractivity contribution in [1.82, 2.24) is 9.55 Å². The fraction of sp³-hybridized carbons (Fsp3) is 0.130. The molecule has 2 aliphatic rings. The van der Waals surface area contributed by atoms with Crippen LogP contribution in [0.25, 0.3) is 61.7 Å². The topological polar surface area (TPSA) is 24.0 Å². The van der Waals surface area contributed by atoms with Crippen molar-refractivity contribution < 1.29 is 0 Å². The molecule has 7 aromatic rings. The second-order valence-electron chi connectivity index (χ2n) is 13.7. The summed E-state index contributed by atoms with van der Waals surface area (Å²) < 4.78 is 2.50. The van der Waals surface area contributed by atoms with Crippen molar-refractivity contribution in [2.45, 2.75) is 39.0 Å². The van der Waals surface area contributed by atoms with Crippen LogP contribution in [-0.2, 0) is 5.41 Å². The van der Waals surface area contributed by atoms with Gasteiger partial charge in [0.05, 0.1) is 27.9 Å². The molecular formula is C46H39N3. The Morgan fingerprint density at radius 1 is 0.776 bits per heavy atom. The monoisotopic (exact) mass is 633 g/mol. The van der Waals surface area contributed by atoms with Crippen molar-refractivity contribution in [3.8, 4) is 16.8 Å². The van der Waals surface area contributed by atoms with Gasteiger partial charge in [-0.3, -0.25) is 0 Å². The lowest BCUT2D eigenvalue weighted by atomic mass is 9.72. The zero-order valence-corrected chi connectivity index (χ0v) is 28.3. The number of anilines is 2. The van der Waals surface area contributed by atoms with Gasteiger partial charge in [0.25, 0.3) is 0 Å². The van der Waals surface area contributed by atoms with Gasteiger partial charge in [-0.25, -0.2) is 0 Å². The van der Waals surface area contributed by atoms with Gasteiger partial charge in [-0.1, -0.05) is 124 Å². The molecule has 0 fully saturated rings. The predicted molar refractivity (Wildman–Crippen MR) is 210 cm³/mol. The molecule has 3 nitrogen and oxygen atoms in total. The minimum absolute atomic E-state index is 0.315. The van der Waals surface area contributed by atoms with Crippen molar-refractivity contribution in [2.75, 3.05) is 4.90 Å². The second kappa shape index (κ2) is 11.1. The summed E-state index contributed by atoms with van der Waals surface area (Å²) >= 11 is 0. The highest BCUT2D eigenvalue weighted by atomic mass is 15.2. The highest BCUT2D eigenvalue weighted by Gasteiger charge is 2.41. The summed E-state index contributed by atoms with van der Waals surface area (Å²) in [5.41, 5.74) is 15.5. The summed E-state index contributed by atoms with van der Waals surface area (Å²) in [7, 11) is 0. The first-order valence-electron chi connectivity index (χ1n) is 17.3. The fourth-order valence-electron chi connectivity index (χ4n) is 8.37. The zero-order valence-electron chi connectivity index (χ0n) is 28.3. The third-order valence-corrected chi connectivity index (χ3v) is 10.6. The molecule has 3 heterocycles. The van der Waals surface area contributed by atoms with E-state index in [1.54, 1.807) is 0 Å². The summed E-state index contributed by atoms with van der Waals surface area (Å²) in [4.78, 5) is 6.34. The number of nitrogens with zero attached hydrogens (tertiary/aromatic N) is 2. The third-order valence-electron chi connectivity index (χ3n) is 10.6. The molecule has 0 amide bonds. The molecule has 3 heteroatoms. The molecule has 2 aromatic heterocycles. The number of nitrogens with one attached hydrogen (secondary N) is 1. The maximum Gasteiger partial charge on any atom is 0.0744 e. The molecule has 1 aliphatic carbocycles. The Balaban J connectivity index is 1.38. The normalized spacial score (nSPS) is 15.2. The summed E-state index contributed by atoms with van der Waals surface area (Å²) in [6, 6.07) is 38.0. The molecule has 0 saturated heterocycles. The minimum atomic E-state index is -0.315. The summed E-state index contributed by atoms with van der Waals surface area (Å²) in [5, 5.41) is 3.75. The first-order chi connectivity index (χ1) is 24.0. The van der Waals surface area contributed by atoms with Gasteiger partial charge in [-0.2, -0.15) is 0 Å². The molecule has 238 valence electrons. The maximum atomic E-state index is 4.17. The van der Waals surface area contributed by atoms with Crippen molar-refractivity contribution in [1.29, 1.82) is 0 Å². The van der Waals surface area contributed by atoms with E-state index in [4.69, 9.17) is 0 Å². The number of para-hydroxylation sites is 1. The van der Waals surface area contributed by atoms with Crippen LogP contribution >= 0.6 is 0 Å². The van der Waals surface area contributed by atoms with Gasteiger partial charge in [-0.15, -0.1) is 0 Å². The van der Waals surface area contributed by atoms with E-state index in [9.17, 15) is 0 Å². The van der Waals surface area contributed by atoms with Crippen molar-refractivity contribution in [3.05, 3.63) is 162 Å². The molecule has 0 atom stereocenters. The summed E-state index contributed by atoms with van der Waals surface area (Å²) in [5.74, 6) is 0. The SMILES string of the molecule is C=Cc1[nH]c2c3c(ccc2c1/C=C\C)C(C)(C)c1c(ccc2c4ccccc4n(-c4ccc(-c5ccccc5)cc4)c12)N3C1=CCCC=C1. The lowest BCUT2D eigenvalue weighted by molar-refractivity contribution is 0.635. The predicted octanol–water partition coefficient (Wildman–Crippen LogP) is 12.6. The van der Waals surface area contributed by atoms with Crippen LogP contribution in [0.4, 0.5) is 11.4 Å². The molecule has 0 radical (unpaired) electrons. The number of allylic oxidation sites excluding steroid dienone is 4. The fourth-order valence-corrected chi connectivity index (χ4v) is 8.37. The Kier molecular flexibility index (Phi) is 6.67. The number of benzene rings is 5. The quantitative estimate of drug-likeness (QED) is 0.200. The van der Waals surface area contributed by atoms with Crippen LogP contribution in [0.1, 0.15) is 56.0 Å². The van der Waals surface area contributed by atoms with Crippen LogP contribution in [0.2, 0.25) is 0 Å². The number of rotatable bonds is 5. The Hall–Kier alpha value is -5.80. The molecule has 9 rings (SSSR count). The van der Waals surface area contributed by atoms with Crippen molar-refractivity contribution in [2.24, 2.45) is 0 Å². The Morgan fingerprint density at radius 2 is 1.53 bits per heavy atom. The van der Waals surface area contributed by atoms with Crippen molar-refractivity contribution >= 4 is 56.2 Å².